The molecular formula is C23H32N2O7S. The van der Waals surface area contributed by atoms with Gasteiger partial charge in [-0.05, 0) is 52.3 Å². The fourth-order valence-electron chi connectivity index (χ4n) is 3.47. The van der Waals surface area contributed by atoms with Crippen LogP contribution < -0.4 is 10.0 Å². The highest BCUT2D eigenvalue weighted by molar-refractivity contribution is 7.92. The summed E-state index contributed by atoms with van der Waals surface area (Å²) in [7, 11) is -2.02. The third-order valence-electron chi connectivity index (χ3n) is 4.94. The number of hydrogen-bond donors (Lipinski definition) is 2. The second-order valence-corrected chi connectivity index (χ2v) is 9.86. The summed E-state index contributed by atoms with van der Waals surface area (Å²) in [6.45, 7) is 8.72. The summed E-state index contributed by atoms with van der Waals surface area (Å²) in [5.41, 5.74) is 2.43. The van der Waals surface area contributed by atoms with E-state index in [9.17, 15) is 18.0 Å². The van der Waals surface area contributed by atoms with Gasteiger partial charge in [-0.15, -0.1) is 0 Å². The molecule has 1 aromatic rings. The summed E-state index contributed by atoms with van der Waals surface area (Å²) in [5.74, 6) is -2.09. The van der Waals surface area contributed by atoms with Crippen LogP contribution >= 0.6 is 0 Å². The Morgan fingerprint density at radius 2 is 1.73 bits per heavy atom. The first-order chi connectivity index (χ1) is 15.5. The molecule has 1 aromatic carbocycles. The smallest absolute Gasteiger partial charge is 0.337 e. The summed E-state index contributed by atoms with van der Waals surface area (Å²) in [4.78, 5) is 26.1. The molecule has 1 aliphatic rings. The number of hydrogen-bond acceptors (Lipinski definition) is 8. The standard InChI is InChI=1S/C23H32N2O7S/c1-7-33(28,29)25-18-10-8-9-17(13-18)21-19(22(26)31-12-11-30-6)15(4)24-16(5)20(21)23(27)32-14(2)3/h8-10,13-14,21,24-25H,7,11-12H2,1-6H3/t21-/m1/s1. The first-order valence-electron chi connectivity index (χ1n) is 10.7. The Labute approximate surface area is 195 Å². The monoisotopic (exact) mass is 480 g/mol. The lowest BCUT2D eigenvalue weighted by Crippen LogP contribution is -2.33. The number of nitrogens with one attached hydrogen (secondary N) is 2. The molecule has 2 N–H and O–H groups in total. The van der Waals surface area contributed by atoms with Crippen molar-refractivity contribution in [3.63, 3.8) is 0 Å². The predicted molar refractivity (Wildman–Crippen MR) is 125 cm³/mol. The van der Waals surface area contributed by atoms with Gasteiger partial charge in [0, 0.05) is 24.2 Å². The Hall–Kier alpha value is -2.85. The maximum absolute atomic E-state index is 13.1. The van der Waals surface area contributed by atoms with Crippen molar-refractivity contribution >= 4 is 27.6 Å². The van der Waals surface area contributed by atoms with Crippen molar-refractivity contribution in [3.8, 4) is 0 Å². The summed E-state index contributed by atoms with van der Waals surface area (Å²) in [6, 6.07) is 6.60. The maximum Gasteiger partial charge on any atom is 0.337 e. The van der Waals surface area contributed by atoms with Crippen LogP contribution in [0.25, 0.3) is 0 Å². The van der Waals surface area contributed by atoms with Gasteiger partial charge in [0.05, 0.1) is 35.5 Å². The van der Waals surface area contributed by atoms with Gasteiger partial charge in [-0.3, -0.25) is 4.72 Å². The number of esters is 2. The fourth-order valence-corrected chi connectivity index (χ4v) is 4.11. The topological polar surface area (TPSA) is 120 Å². The molecule has 10 heteroatoms. The number of anilines is 1. The molecule has 0 aliphatic carbocycles. The fraction of sp³-hybridized carbons (Fsp3) is 0.478. The molecule has 33 heavy (non-hydrogen) atoms. The minimum absolute atomic E-state index is 0.0453. The normalized spacial score (nSPS) is 16.5. The van der Waals surface area contributed by atoms with Gasteiger partial charge in [0.15, 0.2) is 0 Å². The van der Waals surface area contributed by atoms with Gasteiger partial charge in [-0.1, -0.05) is 12.1 Å². The molecule has 0 spiro atoms. The third-order valence-corrected chi connectivity index (χ3v) is 6.24. The van der Waals surface area contributed by atoms with E-state index in [4.69, 9.17) is 14.2 Å². The average molecular weight is 481 g/mol. The lowest BCUT2D eigenvalue weighted by atomic mass is 9.80. The molecule has 1 aliphatic heterocycles. The number of rotatable bonds is 10. The molecule has 1 heterocycles. The largest absolute Gasteiger partial charge is 0.460 e. The summed E-state index contributed by atoms with van der Waals surface area (Å²) in [6.07, 6.45) is -0.370. The lowest BCUT2D eigenvalue weighted by molar-refractivity contribution is -0.143. The first-order valence-corrected chi connectivity index (χ1v) is 12.3. The number of methoxy groups -OCH3 is 1. The van der Waals surface area contributed by atoms with Gasteiger partial charge < -0.3 is 19.5 Å². The Morgan fingerprint density at radius 1 is 1.09 bits per heavy atom. The molecule has 0 saturated carbocycles. The van der Waals surface area contributed by atoms with E-state index in [2.05, 4.69) is 10.0 Å². The van der Waals surface area contributed by atoms with E-state index in [1.165, 1.54) is 14.0 Å². The lowest BCUT2D eigenvalue weighted by Gasteiger charge is -2.31. The van der Waals surface area contributed by atoms with Crippen molar-refractivity contribution < 1.29 is 32.2 Å². The zero-order chi connectivity index (χ0) is 24.8. The van der Waals surface area contributed by atoms with Gasteiger partial charge in [0.25, 0.3) is 0 Å². The third kappa shape index (κ3) is 6.82. The van der Waals surface area contributed by atoms with Crippen LogP contribution in [0, 0.1) is 0 Å². The molecule has 0 saturated heterocycles. The number of benzene rings is 1. The summed E-state index contributed by atoms with van der Waals surface area (Å²) < 4.78 is 42.4. The van der Waals surface area contributed by atoms with E-state index >= 15 is 0 Å². The second kappa shape index (κ2) is 11.3. The molecule has 2 rings (SSSR count). The van der Waals surface area contributed by atoms with Gasteiger partial charge in [-0.25, -0.2) is 18.0 Å². The van der Waals surface area contributed by atoms with Gasteiger partial charge >= 0.3 is 11.9 Å². The zero-order valence-corrected chi connectivity index (χ0v) is 20.7. The van der Waals surface area contributed by atoms with Gasteiger partial charge in [0.2, 0.25) is 10.0 Å². The average Bonchev–Trinajstić information content (AvgIpc) is 2.72. The molecule has 0 amide bonds. The molecule has 9 nitrogen and oxygen atoms in total. The summed E-state index contributed by atoms with van der Waals surface area (Å²) in [5, 5.41) is 3.08. The highest BCUT2D eigenvalue weighted by Crippen LogP contribution is 2.40. The Bertz CT molecular complexity index is 1060. The van der Waals surface area contributed by atoms with Crippen LogP contribution in [-0.4, -0.2) is 52.5 Å². The van der Waals surface area contributed by atoms with E-state index < -0.39 is 27.9 Å². The minimum Gasteiger partial charge on any atom is -0.460 e. The zero-order valence-electron chi connectivity index (χ0n) is 19.9. The highest BCUT2D eigenvalue weighted by Gasteiger charge is 2.38. The molecule has 0 unspecified atom stereocenters. The van der Waals surface area contributed by atoms with Crippen molar-refractivity contribution in [2.45, 2.75) is 46.6 Å². The van der Waals surface area contributed by atoms with Crippen molar-refractivity contribution in [1.29, 1.82) is 0 Å². The molecule has 0 aromatic heterocycles. The molecular weight excluding hydrogens is 448 g/mol. The number of carbonyl (C=O) groups is 2. The Morgan fingerprint density at radius 3 is 2.30 bits per heavy atom. The quantitative estimate of drug-likeness (QED) is 0.387. The Kier molecular flexibility index (Phi) is 9.07. The van der Waals surface area contributed by atoms with Crippen molar-refractivity contribution in [1.82, 2.24) is 5.32 Å². The van der Waals surface area contributed by atoms with Crippen molar-refractivity contribution in [2.24, 2.45) is 0 Å². The Balaban J connectivity index is 2.61. The highest BCUT2D eigenvalue weighted by atomic mass is 32.2. The predicted octanol–water partition coefficient (Wildman–Crippen LogP) is 2.82. The van der Waals surface area contributed by atoms with Gasteiger partial charge in [0.1, 0.15) is 6.61 Å². The van der Waals surface area contributed by atoms with E-state index in [1.54, 1.807) is 52.0 Å². The molecule has 182 valence electrons. The van der Waals surface area contributed by atoms with Crippen LogP contribution in [0.15, 0.2) is 46.8 Å². The van der Waals surface area contributed by atoms with E-state index in [1.807, 2.05) is 0 Å². The van der Waals surface area contributed by atoms with Crippen LogP contribution in [0.4, 0.5) is 5.69 Å². The van der Waals surface area contributed by atoms with Crippen molar-refractivity contribution in [3.05, 3.63) is 52.4 Å². The van der Waals surface area contributed by atoms with Crippen LogP contribution in [0.3, 0.4) is 0 Å². The summed E-state index contributed by atoms with van der Waals surface area (Å²) >= 11 is 0. The maximum atomic E-state index is 13.1. The minimum atomic E-state index is -3.52. The van der Waals surface area contributed by atoms with E-state index in [0.717, 1.165) is 0 Å². The molecule has 0 bridgehead atoms. The molecule has 1 atom stereocenters. The van der Waals surface area contributed by atoms with Crippen LogP contribution in [0.5, 0.6) is 0 Å². The van der Waals surface area contributed by atoms with E-state index in [0.29, 0.717) is 22.6 Å². The van der Waals surface area contributed by atoms with Crippen molar-refractivity contribution in [2.75, 3.05) is 30.8 Å². The second-order valence-electron chi connectivity index (χ2n) is 7.85. The van der Waals surface area contributed by atoms with Crippen LogP contribution in [-0.2, 0) is 33.8 Å². The van der Waals surface area contributed by atoms with Crippen LogP contribution in [0.2, 0.25) is 0 Å². The van der Waals surface area contributed by atoms with E-state index in [-0.39, 0.29) is 36.2 Å². The number of ether oxygens (including phenoxy) is 3. The SMILES string of the molecule is CCS(=O)(=O)Nc1cccc([C@@H]2C(C(=O)OCCOC)=C(C)NC(C)=C2C(=O)OC(C)C)c1. The molecule has 0 radical (unpaired) electrons. The number of sulfonamides is 1. The number of carbonyl (C=O) groups excluding carboxylic acids is 2. The molecule has 0 fully saturated rings. The van der Waals surface area contributed by atoms with Crippen LogP contribution in [0.1, 0.15) is 46.1 Å². The number of allylic oxidation sites excluding steroid dienone is 2. The number of dihydropyridines is 1. The first kappa shape index (κ1) is 26.4. The van der Waals surface area contributed by atoms with Gasteiger partial charge in [-0.2, -0.15) is 0 Å².